The zero-order valence-electron chi connectivity index (χ0n) is 12.2. The first-order valence-corrected chi connectivity index (χ1v) is 7.41. The third-order valence-electron chi connectivity index (χ3n) is 3.91. The SMILES string of the molecule is Fc1ccc(F)c(CN2CCC(Nc3cccnn3)CC2)c1. The van der Waals surface area contributed by atoms with Crippen molar-refractivity contribution in [2.75, 3.05) is 18.4 Å². The molecule has 0 saturated carbocycles. The predicted octanol–water partition coefficient (Wildman–Crippen LogP) is 2.83. The van der Waals surface area contributed by atoms with Crippen LogP contribution in [0.2, 0.25) is 0 Å². The van der Waals surface area contributed by atoms with Gasteiger partial charge in [0.2, 0.25) is 0 Å². The van der Waals surface area contributed by atoms with Gasteiger partial charge in [-0.1, -0.05) is 0 Å². The molecule has 0 atom stereocenters. The molecule has 22 heavy (non-hydrogen) atoms. The van der Waals surface area contributed by atoms with Crippen LogP contribution in [0, 0.1) is 11.6 Å². The summed E-state index contributed by atoms with van der Waals surface area (Å²) in [4.78, 5) is 2.15. The standard InChI is InChI=1S/C16H18F2N4/c17-13-3-4-15(18)12(10-13)11-22-8-5-14(6-9-22)20-16-2-1-7-19-21-16/h1-4,7,10,14H,5-6,8-9,11H2,(H,20,21). The van der Waals surface area contributed by atoms with Crippen molar-refractivity contribution in [2.45, 2.75) is 25.4 Å². The minimum atomic E-state index is -0.393. The second-order valence-electron chi connectivity index (χ2n) is 5.54. The lowest BCUT2D eigenvalue weighted by molar-refractivity contribution is 0.208. The Morgan fingerprint density at radius 1 is 1.18 bits per heavy atom. The van der Waals surface area contributed by atoms with Crippen molar-refractivity contribution >= 4 is 5.82 Å². The monoisotopic (exact) mass is 304 g/mol. The number of likely N-dealkylation sites (tertiary alicyclic amines) is 1. The summed E-state index contributed by atoms with van der Waals surface area (Å²) in [7, 11) is 0. The summed E-state index contributed by atoms with van der Waals surface area (Å²) in [5, 5.41) is 11.2. The van der Waals surface area contributed by atoms with Crippen molar-refractivity contribution in [2.24, 2.45) is 0 Å². The number of nitrogens with one attached hydrogen (secondary N) is 1. The molecule has 1 aromatic carbocycles. The Hall–Kier alpha value is -2.08. The van der Waals surface area contributed by atoms with Crippen LogP contribution in [0.4, 0.5) is 14.6 Å². The van der Waals surface area contributed by atoms with Crippen LogP contribution in [0.1, 0.15) is 18.4 Å². The number of aromatic nitrogens is 2. The van der Waals surface area contributed by atoms with Gasteiger partial charge in [-0.05, 0) is 43.2 Å². The molecule has 116 valence electrons. The van der Waals surface area contributed by atoms with Crippen molar-refractivity contribution < 1.29 is 8.78 Å². The Morgan fingerprint density at radius 3 is 2.73 bits per heavy atom. The van der Waals surface area contributed by atoms with Gasteiger partial charge in [0.15, 0.2) is 0 Å². The summed E-state index contributed by atoms with van der Waals surface area (Å²) in [6.45, 7) is 2.13. The molecule has 1 fully saturated rings. The second kappa shape index (κ2) is 6.79. The third kappa shape index (κ3) is 3.76. The maximum Gasteiger partial charge on any atom is 0.148 e. The van der Waals surface area contributed by atoms with Crippen LogP contribution in [0.25, 0.3) is 0 Å². The summed E-state index contributed by atoms with van der Waals surface area (Å²) < 4.78 is 26.9. The molecule has 0 unspecified atom stereocenters. The van der Waals surface area contributed by atoms with E-state index in [0.717, 1.165) is 37.8 Å². The molecule has 0 aliphatic carbocycles. The Morgan fingerprint density at radius 2 is 2.00 bits per heavy atom. The van der Waals surface area contributed by atoms with Gasteiger partial charge in [-0.2, -0.15) is 5.10 Å². The van der Waals surface area contributed by atoms with E-state index in [-0.39, 0.29) is 5.82 Å². The highest BCUT2D eigenvalue weighted by Crippen LogP contribution is 2.18. The molecule has 2 heterocycles. The molecule has 1 aliphatic rings. The first-order chi connectivity index (χ1) is 10.7. The van der Waals surface area contributed by atoms with E-state index < -0.39 is 5.82 Å². The first-order valence-electron chi connectivity index (χ1n) is 7.41. The molecule has 4 nitrogen and oxygen atoms in total. The van der Waals surface area contributed by atoms with E-state index in [2.05, 4.69) is 20.4 Å². The average Bonchev–Trinajstić information content (AvgIpc) is 2.54. The summed E-state index contributed by atoms with van der Waals surface area (Å²) in [5.74, 6) is 0.0361. The van der Waals surface area contributed by atoms with Crippen LogP contribution < -0.4 is 5.32 Å². The lowest BCUT2D eigenvalue weighted by atomic mass is 10.0. The fourth-order valence-electron chi connectivity index (χ4n) is 2.73. The number of benzene rings is 1. The van der Waals surface area contributed by atoms with E-state index in [1.807, 2.05) is 12.1 Å². The molecule has 1 aromatic heterocycles. The molecule has 1 aliphatic heterocycles. The van der Waals surface area contributed by atoms with Crippen molar-refractivity contribution in [1.29, 1.82) is 0 Å². The smallest absolute Gasteiger partial charge is 0.148 e. The molecule has 0 radical (unpaired) electrons. The fourth-order valence-corrected chi connectivity index (χ4v) is 2.73. The van der Waals surface area contributed by atoms with Crippen LogP contribution in [0.15, 0.2) is 36.5 Å². The highest BCUT2D eigenvalue weighted by molar-refractivity contribution is 5.33. The summed E-state index contributed by atoms with van der Waals surface area (Å²) in [6, 6.07) is 7.69. The summed E-state index contributed by atoms with van der Waals surface area (Å²) >= 11 is 0. The van der Waals surface area contributed by atoms with Crippen molar-refractivity contribution in [3.63, 3.8) is 0 Å². The van der Waals surface area contributed by atoms with Crippen LogP contribution >= 0.6 is 0 Å². The fraction of sp³-hybridized carbons (Fsp3) is 0.375. The van der Waals surface area contributed by atoms with Crippen molar-refractivity contribution in [3.8, 4) is 0 Å². The summed E-state index contributed by atoms with van der Waals surface area (Å²) in [6.07, 6.45) is 3.52. The number of rotatable bonds is 4. The largest absolute Gasteiger partial charge is 0.366 e. The van der Waals surface area contributed by atoms with E-state index in [0.29, 0.717) is 18.2 Å². The van der Waals surface area contributed by atoms with E-state index in [4.69, 9.17) is 0 Å². The normalized spacial score (nSPS) is 16.6. The minimum absolute atomic E-state index is 0.338. The average molecular weight is 304 g/mol. The number of anilines is 1. The number of hydrogen-bond donors (Lipinski definition) is 1. The molecule has 1 N–H and O–H groups in total. The van der Waals surface area contributed by atoms with Gasteiger partial charge in [0.25, 0.3) is 0 Å². The number of hydrogen-bond acceptors (Lipinski definition) is 4. The number of nitrogens with zero attached hydrogens (tertiary/aromatic N) is 3. The minimum Gasteiger partial charge on any atom is -0.366 e. The first kappa shape index (κ1) is 14.8. The maximum atomic E-state index is 13.7. The van der Waals surface area contributed by atoms with E-state index >= 15 is 0 Å². The molecule has 1 saturated heterocycles. The van der Waals surface area contributed by atoms with Gasteiger partial charge in [0.1, 0.15) is 17.5 Å². The Labute approximate surface area is 128 Å². The molecule has 0 spiro atoms. The molecule has 0 amide bonds. The zero-order valence-corrected chi connectivity index (χ0v) is 12.2. The zero-order chi connectivity index (χ0) is 15.4. The van der Waals surface area contributed by atoms with E-state index in [9.17, 15) is 8.78 Å². The van der Waals surface area contributed by atoms with Gasteiger partial charge < -0.3 is 5.32 Å². The van der Waals surface area contributed by atoms with Gasteiger partial charge in [-0.3, -0.25) is 4.90 Å². The Kier molecular flexibility index (Phi) is 4.58. The van der Waals surface area contributed by atoms with Gasteiger partial charge in [-0.15, -0.1) is 5.10 Å². The molecule has 2 aromatic rings. The molecular weight excluding hydrogens is 286 g/mol. The second-order valence-corrected chi connectivity index (χ2v) is 5.54. The highest BCUT2D eigenvalue weighted by atomic mass is 19.1. The summed E-state index contributed by atoms with van der Waals surface area (Å²) in [5.41, 5.74) is 0.417. The van der Waals surface area contributed by atoms with Crippen LogP contribution in [-0.2, 0) is 6.54 Å². The van der Waals surface area contributed by atoms with Crippen molar-refractivity contribution in [1.82, 2.24) is 15.1 Å². The third-order valence-corrected chi connectivity index (χ3v) is 3.91. The number of halogens is 2. The lowest BCUT2D eigenvalue weighted by Crippen LogP contribution is -2.39. The predicted molar refractivity (Wildman–Crippen MR) is 80.3 cm³/mol. The van der Waals surface area contributed by atoms with Gasteiger partial charge in [0, 0.05) is 37.4 Å². The van der Waals surface area contributed by atoms with E-state index in [1.165, 1.54) is 12.1 Å². The Bertz CT molecular complexity index is 613. The van der Waals surface area contributed by atoms with Crippen LogP contribution in [0.3, 0.4) is 0 Å². The lowest BCUT2D eigenvalue weighted by Gasteiger charge is -2.32. The van der Waals surface area contributed by atoms with Crippen molar-refractivity contribution in [3.05, 3.63) is 53.7 Å². The molecule has 6 heteroatoms. The van der Waals surface area contributed by atoms with Crippen LogP contribution in [-0.4, -0.2) is 34.2 Å². The number of piperidine rings is 1. The van der Waals surface area contributed by atoms with Gasteiger partial charge in [-0.25, -0.2) is 8.78 Å². The van der Waals surface area contributed by atoms with Crippen LogP contribution in [0.5, 0.6) is 0 Å². The topological polar surface area (TPSA) is 41.0 Å². The Balaban J connectivity index is 1.52. The van der Waals surface area contributed by atoms with E-state index in [1.54, 1.807) is 6.20 Å². The molecular formula is C16H18F2N4. The van der Waals surface area contributed by atoms with Gasteiger partial charge in [0.05, 0.1) is 0 Å². The molecule has 0 bridgehead atoms. The quantitative estimate of drug-likeness (QED) is 0.943. The maximum absolute atomic E-state index is 13.7. The highest BCUT2D eigenvalue weighted by Gasteiger charge is 2.20. The molecule has 3 rings (SSSR count). The van der Waals surface area contributed by atoms with Gasteiger partial charge >= 0.3 is 0 Å².